The highest BCUT2D eigenvalue weighted by Crippen LogP contribution is 2.34. The van der Waals surface area contributed by atoms with Crippen LogP contribution in [0.4, 0.5) is 5.69 Å². The van der Waals surface area contributed by atoms with Gasteiger partial charge in [0.2, 0.25) is 0 Å². The standard InChI is InChI=1S/C19H23N3O2S/c23-19-15-5-1-2-6-16(15)20-18(17-7-3-14-25-17)22(19)9-4-8-21-10-12-24-13-11-21/h1-3,5-7,14,18,20H,4,8-13H2/t18-/m1/s1. The Morgan fingerprint density at radius 1 is 1.12 bits per heavy atom. The molecule has 5 nitrogen and oxygen atoms in total. The maximum absolute atomic E-state index is 13.1. The molecule has 0 saturated carbocycles. The lowest BCUT2D eigenvalue weighted by atomic mass is 10.1. The Labute approximate surface area is 152 Å². The van der Waals surface area contributed by atoms with Gasteiger partial charge >= 0.3 is 0 Å². The third-order valence-electron chi connectivity index (χ3n) is 4.81. The maximum Gasteiger partial charge on any atom is 0.257 e. The highest BCUT2D eigenvalue weighted by Gasteiger charge is 2.32. The molecule has 0 spiro atoms. The number of amides is 1. The molecule has 25 heavy (non-hydrogen) atoms. The van der Waals surface area contributed by atoms with E-state index in [1.165, 1.54) is 4.88 Å². The molecule has 1 amide bonds. The fourth-order valence-electron chi connectivity index (χ4n) is 3.48. The topological polar surface area (TPSA) is 44.8 Å². The molecule has 1 aromatic heterocycles. The van der Waals surface area contributed by atoms with E-state index in [0.29, 0.717) is 0 Å². The zero-order chi connectivity index (χ0) is 17.1. The number of rotatable bonds is 5. The number of nitrogens with zero attached hydrogens (tertiary/aromatic N) is 2. The number of thiophene rings is 1. The van der Waals surface area contributed by atoms with Crippen LogP contribution in [0.1, 0.15) is 27.8 Å². The summed E-state index contributed by atoms with van der Waals surface area (Å²) in [5.41, 5.74) is 1.69. The Bertz CT molecular complexity index is 713. The van der Waals surface area contributed by atoms with Crippen LogP contribution in [0.15, 0.2) is 41.8 Å². The van der Waals surface area contributed by atoms with Crippen LogP contribution in [-0.4, -0.2) is 55.1 Å². The number of fused-ring (bicyclic) bond motifs is 1. The van der Waals surface area contributed by atoms with Crippen LogP contribution >= 0.6 is 11.3 Å². The van der Waals surface area contributed by atoms with Gasteiger partial charge in [0.05, 0.1) is 18.8 Å². The van der Waals surface area contributed by atoms with Crippen LogP contribution in [0.5, 0.6) is 0 Å². The van der Waals surface area contributed by atoms with E-state index in [2.05, 4.69) is 21.7 Å². The molecule has 0 aliphatic carbocycles. The number of hydrogen-bond acceptors (Lipinski definition) is 5. The molecule has 0 unspecified atom stereocenters. The summed E-state index contributed by atoms with van der Waals surface area (Å²) in [6.07, 6.45) is 0.893. The van der Waals surface area contributed by atoms with Crippen molar-refractivity contribution in [1.29, 1.82) is 0 Å². The second kappa shape index (κ2) is 7.56. The van der Waals surface area contributed by atoms with Gasteiger partial charge in [-0.25, -0.2) is 0 Å². The Morgan fingerprint density at radius 3 is 2.76 bits per heavy atom. The van der Waals surface area contributed by atoms with Crippen molar-refractivity contribution in [2.45, 2.75) is 12.6 Å². The average Bonchev–Trinajstić information content (AvgIpc) is 3.19. The molecule has 1 saturated heterocycles. The predicted octanol–water partition coefficient (Wildman–Crippen LogP) is 3.04. The lowest BCUT2D eigenvalue weighted by molar-refractivity contribution is 0.0348. The van der Waals surface area contributed by atoms with Crippen LogP contribution in [0, 0.1) is 0 Å². The largest absolute Gasteiger partial charge is 0.379 e. The van der Waals surface area contributed by atoms with Crippen LogP contribution < -0.4 is 5.32 Å². The van der Waals surface area contributed by atoms with Crippen LogP contribution in [-0.2, 0) is 4.74 Å². The molecule has 1 N–H and O–H groups in total. The predicted molar refractivity (Wildman–Crippen MR) is 100 cm³/mol. The van der Waals surface area contributed by atoms with E-state index in [0.717, 1.165) is 57.1 Å². The summed E-state index contributed by atoms with van der Waals surface area (Å²) in [5, 5.41) is 5.61. The number of morpholine rings is 1. The lowest BCUT2D eigenvalue weighted by Gasteiger charge is -2.38. The first kappa shape index (κ1) is 16.6. The molecule has 1 aromatic carbocycles. The molecule has 2 aliphatic rings. The number of carbonyl (C=O) groups is 1. The minimum Gasteiger partial charge on any atom is -0.379 e. The fraction of sp³-hybridized carbons (Fsp3) is 0.421. The second-order valence-corrected chi connectivity index (χ2v) is 7.39. The van der Waals surface area contributed by atoms with Crippen molar-refractivity contribution in [1.82, 2.24) is 9.80 Å². The average molecular weight is 357 g/mol. The number of ether oxygens (including phenoxy) is 1. The SMILES string of the molecule is O=C1c2ccccc2N[C@@H](c2cccs2)N1CCCN1CCOCC1. The van der Waals surface area contributed by atoms with Gasteiger partial charge in [0, 0.05) is 36.7 Å². The van der Waals surface area contributed by atoms with Crippen molar-refractivity contribution >= 4 is 22.9 Å². The molecule has 132 valence electrons. The van der Waals surface area contributed by atoms with Gasteiger partial charge in [0.15, 0.2) is 0 Å². The number of nitrogens with one attached hydrogen (secondary N) is 1. The summed E-state index contributed by atoms with van der Waals surface area (Å²) in [4.78, 5) is 18.6. The van der Waals surface area contributed by atoms with Crippen LogP contribution in [0.25, 0.3) is 0 Å². The first-order chi connectivity index (χ1) is 12.3. The summed E-state index contributed by atoms with van der Waals surface area (Å²) in [7, 11) is 0. The molecule has 1 atom stereocenters. The monoisotopic (exact) mass is 357 g/mol. The summed E-state index contributed by atoms with van der Waals surface area (Å²) in [6.45, 7) is 5.36. The Morgan fingerprint density at radius 2 is 1.96 bits per heavy atom. The summed E-state index contributed by atoms with van der Waals surface area (Å²) < 4.78 is 5.40. The Kier molecular flexibility index (Phi) is 5.01. The molecular formula is C19H23N3O2S. The van der Waals surface area contributed by atoms with Crippen LogP contribution in [0.2, 0.25) is 0 Å². The molecule has 1 fully saturated rings. The molecule has 6 heteroatoms. The van der Waals surface area contributed by atoms with Gasteiger partial charge in [0.1, 0.15) is 6.17 Å². The van der Waals surface area contributed by atoms with E-state index in [4.69, 9.17) is 4.74 Å². The van der Waals surface area contributed by atoms with Gasteiger partial charge in [-0.05, 0) is 30.0 Å². The van der Waals surface area contributed by atoms with E-state index in [1.54, 1.807) is 11.3 Å². The van der Waals surface area contributed by atoms with Crippen molar-refractivity contribution in [2.75, 3.05) is 44.7 Å². The van der Waals surface area contributed by atoms with Crippen molar-refractivity contribution in [2.24, 2.45) is 0 Å². The zero-order valence-electron chi connectivity index (χ0n) is 14.2. The summed E-state index contributed by atoms with van der Waals surface area (Å²) in [5.74, 6) is 0.120. The molecule has 4 rings (SSSR count). The van der Waals surface area contributed by atoms with Crippen molar-refractivity contribution < 1.29 is 9.53 Å². The maximum atomic E-state index is 13.1. The second-order valence-electron chi connectivity index (χ2n) is 6.41. The quantitative estimate of drug-likeness (QED) is 0.893. The van der Waals surface area contributed by atoms with Crippen LogP contribution in [0.3, 0.4) is 0 Å². The van der Waals surface area contributed by atoms with Gasteiger partial charge < -0.3 is 15.0 Å². The minimum atomic E-state index is -0.0768. The number of benzene rings is 1. The number of anilines is 1. The summed E-state index contributed by atoms with van der Waals surface area (Å²) >= 11 is 1.69. The van der Waals surface area contributed by atoms with Gasteiger partial charge in [0.25, 0.3) is 5.91 Å². The van der Waals surface area contributed by atoms with E-state index in [9.17, 15) is 4.79 Å². The highest BCUT2D eigenvalue weighted by atomic mass is 32.1. The molecular weight excluding hydrogens is 334 g/mol. The third kappa shape index (κ3) is 3.56. The highest BCUT2D eigenvalue weighted by molar-refractivity contribution is 7.10. The first-order valence-corrected chi connectivity index (χ1v) is 9.71. The summed E-state index contributed by atoms with van der Waals surface area (Å²) in [6, 6.07) is 11.9. The van der Waals surface area contributed by atoms with E-state index in [1.807, 2.05) is 35.2 Å². The van der Waals surface area contributed by atoms with Gasteiger partial charge in [-0.3, -0.25) is 9.69 Å². The van der Waals surface area contributed by atoms with E-state index >= 15 is 0 Å². The Hall–Kier alpha value is -1.89. The third-order valence-corrected chi connectivity index (χ3v) is 5.74. The lowest BCUT2D eigenvalue weighted by Crippen LogP contribution is -2.44. The van der Waals surface area contributed by atoms with Gasteiger partial charge in [-0.2, -0.15) is 0 Å². The van der Waals surface area contributed by atoms with E-state index < -0.39 is 0 Å². The van der Waals surface area contributed by atoms with Crippen molar-refractivity contribution in [3.05, 3.63) is 52.2 Å². The number of carbonyl (C=O) groups excluding carboxylic acids is 1. The fourth-order valence-corrected chi connectivity index (χ4v) is 4.27. The smallest absolute Gasteiger partial charge is 0.257 e. The van der Waals surface area contributed by atoms with Gasteiger partial charge in [-0.15, -0.1) is 11.3 Å². The van der Waals surface area contributed by atoms with E-state index in [-0.39, 0.29) is 12.1 Å². The molecule has 3 heterocycles. The Balaban J connectivity index is 1.49. The zero-order valence-corrected chi connectivity index (χ0v) is 15.0. The first-order valence-electron chi connectivity index (χ1n) is 8.83. The minimum absolute atomic E-state index is 0.0768. The molecule has 2 aliphatic heterocycles. The normalized spacial score (nSPS) is 21.0. The van der Waals surface area contributed by atoms with Gasteiger partial charge in [-0.1, -0.05) is 18.2 Å². The number of para-hydroxylation sites is 1. The number of hydrogen-bond donors (Lipinski definition) is 1. The molecule has 2 aromatic rings. The van der Waals surface area contributed by atoms with Crippen molar-refractivity contribution in [3.63, 3.8) is 0 Å². The van der Waals surface area contributed by atoms with Crippen molar-refractivity contribution in [3.8, 4) is 0 Å². The molecule has 0 bridgehead atoms. The molecule has 0 radical (unpaired) electrons.